The van der Waals surface area contributed by atoms with Gasteiger partial charge in [0.15, 0.2) is 0 Å². The van der Waals surface area contributed by atoms with Gasteiger partial charge in [0, 0.05) is 22.3 Å². The number of hydrogen-bond donors (Lipinski definition) is 2. The van der Waals surface area contributed by atoms with Gasteiger partial charge in [0.2, 0.25) is 0 Å². The third kappa shape index (κ3) is 15.0. The van der Waals surface area contributed by atoms with Crippen LogP contribution in [0.4, 0.5) is 0 Å². The number of ether oxygens (including phenoxy) is 2. The van der Waals surface area contributed by atoms with E-state index in [0.717, 1.165) is 0 Å². The van der Waals surface area contributed by atoms with Crippen molar-refractivity contribution < 1.29 is 65.6 Å². The Bertz CT molecular complexity index is 2340. The van der Waals surface area contributed by atoms with Gasteiger partial charge in [-0.25, -0.2) is 19.2 Å². The minimum atomic E-state index is -1.03. The number of carbonyl (C=O) groups is 4. The molecule has 0 amide bonds. The van der Waals surface area contributed by atoms with Gasteiger partial charge < -0.3 is 29.9 Å². The zero-order chi connectivity index (χ0) is 54.6. The fourth-order valence-electron chi connectivity index (χ4n) is 7.98. The number of benzene rings is 4. The molecule has 71 heavy (non-hydrogen) atoms. The number of carbonyl (C=O) groups excluding carboxylic acids is 2. The van der Waals surface area contributed by atoms with Crippen LogP contribution < -0.4 is 19.7 Å². The average molecular weight is 1020 g/mol. The van der Waals surface area contributed by atoms with Crippen LogP contribution in [0, 0.1) is 0 Å². The Morgan fingerprint density at radius 3 is 0.620 bits per heavy atom. The molecule has 10 nitrogen and oxygen atoms in total. The van der Waals surface area contributed by atoms with E-state index in [1.807, 2.05) is 166 Å². The van der Waals surface area contributed by atoms with Crippen molar-refractivity contribution in [2.45, 2.75) is 209 Å². The normalized spacial score (nSPS) is 12.8. The van der Waals surface area contributed by atoms with Gasteiger partial charge in [-0.1, -0.05) is 166 Å². The molecule has 0 aliphatic rings. The molecule has 0 radical (unpaired) electrons. The summed E-state index contributed by atoms with van der Waals surface area (Å²) in [6, 6.07) is 12.9. The maximum atomic E-state index is 13.6. The van der Waals surface area contributed by atoms with Gasteiger partial charge >= 0.3 is 40.4 Å². The first-order chi connectivity index (χ1) is 31.1. The summed E-state index contributed by atoms with van der Waals surface area (Å²) in [7, 11) is 0. The van der Waals surface area contributed by atoms with E-state index >= 15 is 0 Å². The molecular formula is C60H82NiO10. The quantitative estimate of drug-likeness (QED) is 0.107. The van der Waals surface area contributed by atoms with Crippen LogP contribution in [0.5, 0.6) is 23.0 Å². The minimum absolute atomic E-state index is 0. The zero-order valence-electron chi connectivity index (χ0n) is 47.1. The number of esters is 2. The van der Waals surface area contributed by atoms with E-state index in [1.54, 1.807) is 48.5 Å². The van der Waals surface area contributed by atoms with Crippen LogP contribution in [0.2, 0.25) is 0 Å². The summed E-state index contributed by atoms with van der Waals surface area (Å²) in [6.45, 7) is 46.9. The number of rotatable bonds is 6. The molecule has 0 atom stereocenters. The summed E-state index contributed by atoms with van der Waals surface area (Å²) < 4.78 is 12.2. The summed E-state index contributed by atoms with van der Waals surface area (Å²) in [4.78, 5) is 51.0. The van der Waals surface area contributed by atoms with Crippen LogP contribution >= 0.6 is 0 Å². The Hall–Kier alpha value is -5.15. The van der Waals surface area contributed by atoms with Crippen LogP contribution in [0.25, 0.3) is 0 Å². The first kappa shape index (κ1) is 62.0. The summed E-state index contributed by atoms with van der Waals surface area (Å²) in [5.74, 6) is -2.57. The van der Waals surface area contributed by atoms with E-state index in [0.29, 0.717) is 67.1 Å². The predicted molar refractivity (Wildman–Crippen MR) is 278 cm³/mol. The van der Waals surface area contributed by atoms with Crippen molar-refractivity contribution in [2.24, 2.45) is 0 Å². The van der Waals surface area contributed by atoms with Crippen molar-refractivity contribution in [3.8, 4) is 23.0 Å². The summed E-state index contributed by atoms with van der Waals surface area (Å²) in [6.07, 6.45) is 0. The molecule has 4 aromatic carbocycles. The second-order valence-corrected chi connectivity index (χ2v) is 27.0. The summed E-state index contributed by atoms with van der Waals surface area (Å²) in [5.41, 5.74) is 1.99. The molecule has 0 unspecified atom stereocenters. The van der Waals surface area contributed by atoms with Crippen LogP contribution in [0.1, 0.15) is 252 Å². The van der Waals surface area contributed by atoms with E-state index in [1.165, 1.54) is 0 Å². The van der Waals surface area contributed by atoms with Crippen molar-refractivity contribution in [1.29, 1.82) is 0 Å². The SMILES string of the molecule is CC(C)(C)c1cc(C(=O)Oc2c(C(C)(C)C)cc(C(=O)O)cc2C(C)(C)C)cc(C(C)(C)C)c1[O-].CC(C)(C)c1cc(C(=O)Oc2c(C(C)(C)C)cc(C(=O)O)cc2C(C)(C)C)cc(C(C)(C)C)c1[O-].[Ni+2]. The molecule has 2 N–H and O–H groups in total. The smallest absolute Gasteiger partial charge is 0.872 e. The van der Waals surface area contributed by atoms with Gasteiger partial charge in [0.05, 0.1) is 22.3 Å². The van der Waals surface area contributed by atoms with Crippen LogP contribution in [-0.2, 0) is 59.8 Å². The summed E-state index contributed by atoms with van der Waals surface area (Å²) in [5, 5.41) is 46.0. The van der Waals surface area contributed by atoms with E-state index in [4.69, 9.17) is 9.47 Å². The standard InChI is InChI=1S/2C30H42O5.Ni/c2*1-27(2,3)19-15-18(16-20(23(19)31)28(4,5)6)26(34)35-24-21(29(7,8)9)13-17(25(32)33)14-22(24)30(10,11)12;/h2*13-16,31H,1-12H3,(H,32,33);/q;;+2/p-2. The fraction of sp³-hybridized carbons (Fsp3) is 0.533. The monoisotopic (exact) mass is 1020 g/mol. The van der Waals surface area contributed by atoms with Gasteiger partial charge in [-0.2, -0.15) is 0 Å². The maximum Gasteiger partial charge on any atom is 2.00 e. The number of hydrogen-bond acceptors (Lipinski definition) is 8. The largest absolute Gasteiger partial charge is 2.00 e. The maximum absolute atomic E-state index is 13.6. The van der Waals surface area contributed by atoms with Crippen molar-refractivity contribution in [3.05, 3.63) is 115 Å². The molecule has 0 bridgehead atoms. The first-order valence-corrected chi connectivity index (χ1v) is 24.1. The molecule has 4 rings (SSSR count). The van der Waals surface area contributed by atoms with Crippen molar-refractivity contribution in [1.82, 2.24) is 0 Å². The minimum Gasteiger partial charge on any atom is -0.872 e. The Labute approximate surface area is 435 Å². The van der Waals surface area contributed by atoms with E-state index < -0.39 is 67.2 Å². The van der Waals surface area contributed by atoms with Crippen LogP contribution in [0.15, 0.2) is 48.5 Å². The first-order valence-electron chi connectivity index (χ1n) is 24.1. The molecule has 0 spiro atoms. The Morgan fingerprint density at radius 2 is 0.479 bits per heavy atom. The van der Waals surface area contributed by atoms with Gasteiger partial charge in [-0.15, -0.1) is 11.5 Å². The molecular weight excluding hydrogens is 939 g/mol. The molecule has 0 fully saturated rings. The van der Waals surface area contributed by atoms with E-state index in [2.05, 4.69) is 0 Å². The van der Waals surface area contributed by atoms with Gasteiger partial charge in [0.25, 0.3) is 0 Å². The molecule has 0 aromatic heterocycles. The molecule has 4 aromatic rings. The topological polar surface area (TPSA) is 173 Å². The van der Waals surface area contributed by atoms with E-state index in [-0.39, 0.29) is 39.1 Å². The molecule has 0 heterocycles. The second-order valence-electron chi connectivity index (χ2n) is 27.0. The summed E-state index contributed by atoms with van der Waals surface area (Å²) >= 11 is 0. The molecule has 0 aliphatic carbocycles. The fourth-order valence-corrected chi connectivity index (χ4v) is 7.98. The van der Waals surface area contributed by atoms with Crippen molar-refractivity contribution in [2.75, 3.05) is 0 Å². The molecule has 11 heteroatoms. The third-order valence-electron chi connectivity index (χ3n) is 12.2. The average Bonchev–Trinajstić information content (AvgIpc) is 3.14. The molecule has 392 valence electrons. The van der Waals surface area contributed by atoms with Crippen molar-refractivity contribution in [3.63, 3.8) is 0 Å². The van der Waals surface area contributed by atoms with Crippen LogP contribution in [0.3, 0.4) is 0 Å². The Balaban J connectivity index is 0.000000480. The third-order valence-corrected chi connectivity index (χ3v) is 12.2. The number of carboxylic acids is 2. The second kappa shape index (κ2) is 20.8. The van der Waals surface area contributed by atoms with E-state index in [9.17, 15) is 39.6 Å². The number of carboxylic acid groups (broad SMARTS) is 2. The Kier molecular flexibility index (Phi) is 18.1. The molecule has 0 aliphatic heterocycles. The Morgan fingerprint density at radius 1 is 0.324 bits per heavy atom. The molecule has 0 saturated heterocycles. The van der Waals surface area contributed by atoms with Crippen LogP contribution in [-0.4, -0.2) is 34.1 Å². The van der Waals surface area contributed by atoms with Crippen molar-refractivity contribution >= 4 is 23.9 Å². The molecule has 0 saturated carbocycles. The zero-order valence-corrected chi connectivity index (χ0v) is 48.1. The van der Waals surface area contributed by atoms with Gasteiger partial charge in [0.1, 0.15) is 11.5 Å². The van der Waals surface area contributed by atoms with Gasteiger partial charge in [-0.05, 0) is 114 Å². The van der Waals surface area contributed by atoms with Gasteiger partial charge in [-0.3, -0.25) is 0 Å². The predicted octanol–water partition coefficient (Wildman–Crippen LogP) is 13.7. The number of aromatic carboxylic acids is 2.